The van der Waals surface area contributed by atoms with Crippen LogP contribution in [0.15, 0.2) is 0 Å². The molecule has 0 aromatic carbocycles. The lowest BCUT2D eigenvalue weighted by Crippen LogP contribution is -2.28. The quantitative estimate of drug-likeness (QED) is 0.430. The monoisotopic (exact) mass is 232 g/mol. The SMILES string of the molecule is NCCCCCCN(CCCO)CCCO. The average Bonchev–Trinajstić information content (AvgIpc) is 2.31. The van der Waals surface area contributed by atoms with Crippen molar-refractivity contribution in [1.29, 1.82) is 0 Å². The van der Waals surface area contributed by atoms with Gasteiger partial charge in [0, 0.05) is 26.3 Å². The Bertz CT molecular complexity index is 126. The van der Waals surface area contributed by atoms with E-state index in [1.54, 1.807) is 0 Å². The normalized spacial score (nSPS) is 11.2. The van der Waals surface area contributed by atoms with E-state index in [2.05, 4.69) is 4.90 Å². The van der Waals surface area contributed by atoms with Crippen molar-refractivity contribution in [2.24, 2.45) is 5.73 Å². The van der Waals surface area contributed by atoms with Gasteiger partial charge in [-0.1, -0.05) is 12.8 Å². The van der Waals surface area contributed by atoms with Gasteiger partial charge in [-0.05, 0) is 38.8 Å². The molecule has 98 valence electrons. The molecule has 0 unspecified atom stereocenters. The van der Waals surface area contributed by atoms with Crippen molar-refractivity contribution in [2.75, 3.05) is 39.4 Å². The molecule has 4 nitrogen and oxygen atoms in total. The third-order valence-electron chi connectivity index (χ3n) is 2.69. The van der Waals surface area contributed by atoms with Gasteiger partial charge < -0.3 is 20.8 Å². The maximum Gasteiger partial charge on any atom is 0.0443 e. The Kier molecular flexibility index (Phi) is 12.8. The molecule has 0 aliphatic rings. The minimum atomic E-state index is 0.253. The van der Waals surface area contributed by atoms with E-state index >= 15 is 0 Å². The van der Waals surface area contributed by atoms with Gasteiger partial charge in [0.1, 0.15) is 0 Å². The first-order chi connectivity index (χ1) is 7.85. The van der Waals surface area contributed by atoms with E-state index in [4.69, 9.17) is 15.9 Å². The zero-order chi connectivity index (χ0) is 12.1. The van der Waals surface area contributed by atoms with Crippen LogP contribution < -0.4 is 5.73 Å². The molecule has 0 bridgehead atoms. The lowest BCUT2D eigenvalue weighted by Gasteiger charge is -2.21. The molecule has 0 amide bonds. The van der Waals surface area contributed by atoms with E-state index in [1.165, 1.54) is 19.3 Å². The van der Waals surface area contributed by atoms with Crippen LogP contribution >= 0.6 is 0 Å². The fourth-order valence-corrected chi connectivity index (χ4v) is 1.76. The molecular formula is C12H28N2O2. The molecule has 0 rings (SSSR count). The van der Waals surface area contributed by atoms with Gasteiger partial charge >= 0.3 is 0 Å². The van der Waals surface area contributed by atoms with Crippen molar-refractivity contribution in [3.63, 3.8) is 0 Å². The average molecular weight is 232 g/mol. The lowest BCUT2D eigenvalue weighted by atomic mass is 10.2. The van der Waals surface area contributed by atoms with Crippen LogP contribution in [0.1, 0.15) is 38.5 Å². The van der Waals surface area contributed by atoms with Gasteiger partial charge in [0.15, 0.2) is 0 Å². The maximum atomic E-state index is 8.79. The Morgan fingerprint density at radius 3 is 1.69 bits per heavy atom. The number of nitrogens with two attached hydrogens (primary N) is 1. The maximum absolute atomic E-state index is 8.79. The molecule has 0 radical (unpaired) electrons. The Hall–Kier alpha value is -0.160. The van der Waals surface area contributed by atoms with Crippen LogP contribution in [0.4, 0.5) is 0 Å². The summed E-state index contributed by atoms with van der Waals surface area (Å²) in [5.74, 6) is 0. The Morgan fingerprint density at radius 1 is 0.688 bits per heavy atom. The van der Waals surface area contributed by atoms with E-state index in [0.29, 0.717) is 0 Å². The fraction of sp³-hybridized carbons (Fsp3) is 1.00. The van der Waals surface area contributed by atoms with Crippen LogP contribution in [0.5, 0.6) is 0 Å². The highest BCUT2D eigenvalue weighted by Crippen LogP contribution is 2.02. The van der Waals surface area contributed by atoms with Crippen LogP contribution in [0, 0.1) is 0 Å². The zero-order valence-electron chi connectivity index (χ0n) is 10.4. The molecule has 0 fully saturated rings. The number of rotatable bonds is 12. The molecule has 4 N–H and O–H groups in total. The summed E-state index contributed by atoms with van der Waals surface area (Å²) >= 11 is 0. The van der Waals surface area contributed by atoms with E-state index in [0.717, 1.165) is 45.4 Å². The van der Waals surface area contributed by atoms with Crippen molar-refractivity contribution in [1.82, 2.24) is 4.90 Å². The summed E-state index contributed by atoms with van der Waals surface area (Å²) in [4.78, 5) is 2.33. The first-order valence-electron chi connectivity index (χ1n) is 6.49. The molecule has 16 heavy (non-hydrogen) atoms. The smallest absolute Gasteiger partial charge is 0.0443 e. The fourth-order valence-electron chi connectivity index (χ4n) is 1.76. The van der Waals surface area contributed by atoms with Crippen molar-refractivity contribution >= 4 is 0 Å². The number of nitrogens with zero attached hydrogens (tertiary/aromatic N) is 1. The summed E-state index contributed by atoms with van der Waals surface area (Å²) < 4.78 is 0. The highest BCUT2D eigenvalue weighted by atomic mass is 16.3. The molecule has 0 heterocycles. The van der Waals surface area contributed by atoms with Crippen LogP contribution in [0.2, 0.25) is 0 Å². The van der Waals surface area contributed by atoms with Crippen molar-refractivity contribution < 1.29 is 10.2 Å². The molecule has 0 aliphatic carbocycles. The van der Waals surface area contributed by atoms with Gasteiger partial charge in [0.2, 0.25) is 0 Å². The van der Waals surface area contributed by atoms with Crippen LogP contribution in [0.3, 0.4) is 0 Å². The Morgan fingerprint density at radius 2 is 1.19 bits per heavy atom. The van der Waals surface area contributed by atoms with E-state index < -0.39 is 0 Å². The van der Waals surface area contributed by atoms with E-state index in [9.17, 15) is 0 Å². The van der Waals surface area contributed by atoms with Gasteiger partial charge in [-0.25, -0.2) is 0 Å². The molecular weight excluding hydrogens is 204 g/mol. The summed E-state index contributed by atoms with van der Waals surface area (Å²) in [7, 11) is 0. The number of aliphatic hydroxyl groups is 2. The summed E-state index contributed by atoms with van der Waals surface area (Å²) in [6, 6.07) is 0. The van der Waals surface area contributed by atoms with Crippen LogP contribution in [-0.2, 0) is 0 Å². The first kappa shape index (κ1) is 15.8. The predicted molar refractivity (Wildman–Crippen MR) is 67.4 cm³/mol. The standard InChI is InChI=1S/C12H28N2O2/c13-7-3-1-2-4-8-14(9-5-11-15)10-6-12-16/h15-16H,1-13H2. The minimum Gasteiger partial charge on any atom is -0.396 e. The Balaban J connectivity index is 3.48. The van der Waals surface area contributed by atoms with Gasteiger partial charge in [-0.3, -0.25) is 0 Å². The number of hydrogen-bond acceptors (Lipinski definition) is 4. The van der Waals surface area contributed by atoms with Crippen molar-refractivity contribution in [3.8, 4) is 0 Å². The molecule has 0 atom stereocenters. The largest absolute Gasteiger partial charge is 0.396 e. The van der Waals surface area contributed by atoms with E-state index in [-0.39, 0.29) is 13.2 Å². The van der Waals surface area contributed by atoms with Gasteiger partial charge in [-0.2, -0.15) is 0 Å². The second-order valence-corrected chi connectivity index (χ2v) is 4.20. The third kappa shape index (κ3) is 10.4. The van der Waals surface area contributed by atoms with Crippen molar-refractivity contribution in [2.45, 2.75) is 38.5 Å². The van der Waals surface area contributed by atoms with Gasteiger partial charge in [0.05, 0.1) is 0 Å². The summed E-state index contributed by atoms with van der Waals surface area (Å²) in [6.45, 7) is 4.25. The van der Waals surface area contributed by atoms with Crippen LogP contribution in [-0.4, -0.2) is 54.5 Å². The number of unbranched alkanes of at least 4 members (excludes halogenated alkanes) is 3. The Labute approximate surface area is 99.4 Å². The molecule has 0 saturated carbocycles. The van der Waals surface area contributed by atoms with Crippen molar-refractivity contribution in [3.05, 3.63) is 0 Å². The lowest BCUT2D eigenvalue weighted by molar-refractivity contribution is 0.199. The summed E-state index contributed by atoms with van der Waals surface area (Å²) in [6.07, 6.45) is 6.41. The zero-order valence-corrected chi connectivity index (χ0v) is 10.4. The topological polar surface area (TPSA) is 69.7 Å². The van der Waals surface area contributed by atoms with Gasteiger partial charge in [0.25, 0.3) is 0 Å². The highest BCUT2D eigenvalue weighted by Gasteiger charge is 2.03. The van der Waals surface area contributed by atoms with Crippen LogP contribution in [0.25, 0.3) is 0 Å². The second-order valence-electron chi connectivity index (χ2n) is 4.20. The number of aliphatic hydroxyl groups excluding tert-OH is 2. The molecule has 4 heteroatoms. The minimum absolute atomic E-state index is 0.253. The summed E-state index contributed by atoms with van der Waals surface area (Å²) in [5.41, 5.74) is 5.44. The first-order valence-corrected chi connectivity index (χ1v) is 6.49. The third-order valence-corrected chi connectivity index (χ3v) is 2.69. The summed E-state index contributed by atoms with van der Waals surface area (Å²) in [5, 5.41) is 17.6. The molecule has 0 aromatic heterocycles. The second kappa shape index (κ2) is 12.9. The molecule has 0 spiro atoms. The molecule has 0 saturated heterocycles. The molecule has 0 aliphatic heterocycles. The number of hydrogen-bond donors (Lipinski definition) is 3. The van der Waals surface area contributed by atoms with E-state index in [1.807, 2.05) is 0 Å². The molecule has 0 aromatic rings. The van der Waals surface area contributed by atoms with Gasteiger partial charge in [-0.15, -0.1) is 0 Å². The predicted octanol–water partition coefficient (Wildman–Crippen LogP) is 0.572. The highest BCUT2D eigenvalue weighted by molar-refractivity contribution is 4.58.